The van der Waals surface area contributed by atoms with Crippen molar-refractivity contribution in [1.82, 2.24) is 0 Å². The van der Waals surface area contributed by atoms with E-state index in [4.69, 9.17) is 9.47 Å². The quantitative estimate of drug-likeness (QED) is 0.889. The van der Waals surface area contributed by atoms with Gasteiger partial charge in [-0.2, -0.15) is 0 Å². The fraction of sp³-hybridized carbons (Fsp3) is 0.235. The summed E-state index contributed by atoms with van der Waals surface area (Å²) in [5.74, 6) is 0.808. The first-order valence-electron chi connectivity index (χ1n) is 6.88. The van der Waals surface area contributed by atoms with Crippen molar-refractivity contribution < 1.29 is 18.7 Å². The van der Waals surface area contributed by atoms with Gasteiger partial charge in [0.05, 0.1) is 14.2 Å². The molecule has 2 aromatic carbocycles. The summed E-state index contributed by atoms with van der Waals surface area (Å²) in [5, 5.41) is 2.67. The molecule has 0 saturated heterocycles. The number of halogens is 1. The lowest BCUT2D eigenvalue weighted by molar-refractivity contribution is -0.116. The Hall–Kier alpha value is -2.56. The predicted octanol–water partition coefficient (Wildman–Crippen LogP) is 3.41. The minimum Gasteiger partial charge on any atom is -0.497 e. The number of nitrogens with one attached hydrogen (secondary N) is 1. The van der Waals surface area contributed by atoms with E-state index in [1.54, 1.807) is 32.4 Å². The lowest BCUT2D eigenvalue weighted by Gasteiger charge is -2.09. The van der Waals surface area contributed by atoms with Gasteiger partial charge in [-0.3, -0.25) is 4.79 Å². The molecule has 5 heteroatoms. The number of benzene rings is 2. The van der Waals surface area contributed by atoms with Crippen LogP contribution in [0.2, 0.25) is 0 Å². The first kappa shape index (κ1) is 15.8. The fourth-order valence-electron chi connectivity index (χ4n) is 2.06. The van der Waals surface area contributed by atoms with Gasteiger partial charge >= 0.3 is 0 Å². The molecule has 0 atom stereocenters. The maximum Gasteiger partial charge on any atom is 0.224 e. The topological polar surface area (TPSA) is 47.6 Å². The monoisotopic (exact) mass is 303 g/mol. The van der Waals surface area contributed by atoms with Gasteiger partial charge in [0.1, 0.15) is 17.3 Å². The van der Waals surface area contributed by atoms with Crippen LogP contribution in [0.25, 0.3) is 0 Å². The molecule has 0 fully saturated rings. The molecule has 2 aromatic rings. The van der Waals surface area contributed by atoms with E-state index >= 15 is 0 Å². The zero-order valence-electron chi connectivity index (χ0n) is 12.6. The number of hydrogen-bond donors (Lipinski definition) is 1. The lowest BCUT2D eigenvalue weighted by atomic mass is 10.1. The van der Waals surface area contributed by atoms with Crippen LogP contribution in [0.5, 0.6) is 11.5 Å². The van der Waals surface area contributed by atoms with Gasteiger partial charge in [-0.25, -0.2) is 4.39 Å². The third-order valence-electron chi connectivity index (χ3n) is 3.16. The number of rotatable bonds is 6. The van der Waals surface area contributed by atoms with E-state index in [0.717, 1.165) is 5.56 Å². The zero-order valence-corrected chi connectivity index (χ0v) is 12.6. The van der Waals surface area contributed by atoms with E-state index in [0.29, 0.717) is 23.6 Å². The molecule has 0 unspecified atom stereocenters. The number of carbonyl (C=O) groups excluding carboxylic acids is 1. The van der Waals surface area contributed by atoms with E-state index in [1.807, 2.05) is 12.1 Å². The third-order valence-corrected chi connectivity index (χ3v) is 3.16. The van der Waals surface area contributed by atoms with E-state index < -0.39 is 0 Å². The summed E-state index contributed by atoms with van der Waals surface area (Å²) in [4.78, 5) is 11.9. The number of amides is 1. The van der Waals surface area contributed by atoms with Gasteiger partial charge in [0.15, 0.2) is 0 Å². The van der Waals surface area contributed by atoms with Crippen molar-refractivity contribution in [3.8, 4) is 11.5 Å². The van der Waals surface area contributed by atoms with Crippen LogP contribution < -0.4 is 14.8 Å². The molecule has 2 rings (SSSR count). The Bertz CT molecular complexity index is 636. The van der Waals surface area contributed by atoms with Crippen molar-refractivity contribution in [3.63, 3.8) is 0 Å². The summed E-state index contributed by atoms with van der Waals surface area (Å²) in [7, 11) is 3.16. The normalized spacial score (nSPS) is 10.1. The van der Waals surface area contributed by atoms with Crippen molar-refractivity contribution in [3.05, 3.63) is 53.8 Å². The fourth-order valence-corrected chi connectivity index (χ4v) is 2.06. The summed E-state index contributed by atoms with van der Waals surface area (Å²) in [5.41, 5.74) is 1.39. The molecule has 1 N–H and O–H groups in total. The molecule has 0 aliphatic rings. The second-order valence-corrected chi connectivity index (χ2v) is 4.78. The molecule has 0 aromatic heterocycles. The molecular formula is C17H18FNO3. The lowest BCUT2D eigenvalue weighted by Crippen LogP contribution is -2.12. The van der Waals surface area contributed by atoms with Crippen molar-refractivity contribution in [2.24, 2.45) is 0 Å². The highest BCUT2D eigenvalue weighted by atomic mass is 19.1. The summed E-state index contributed by atoms with van der Waals surface area (Å²) in [6.45, 7) is 0. The average molecular weight is 303 g/mol. The van der Waals surface area contributed by atoms with Crippen LogP contribution in [0.1, 0.15) is 12.0 Å². The Morgan fingerprint density at radius 3 is 2.36 bits per heavy atom. The molecule has 1 amide bonds. The molecule has 0 radical (unpaired) electrons. The molecule has 22 heavy (non-hydrogen) atoms. The maximum atomic E-state index is 13.1. The number of hydrogen-bond acceptors (Lipinski definition) is 3. The van der Waals surface area contributed by atoms with Gasteiger partial charge in [0, 0.05) is 18.2 Å². The molecule has 0 aliphatic carbocycles. The predicted molar refractivity (Wildman–Crippen MR) is 82.9 cm³/mol. The smallest absolute Gasteiger partial charge is 0.224 e. The minimum atomic E-state index is -0.379. The number of aryl methyl sites for hydroxylation is 1. The van der Waals surface area contributed by atoms with Crippen molar-refractivity contribution in [2.45, 2.75) is 12.8 Å². The Labute approximate surface area is 128 Å². The average Bonchev–Trinajstić information content (AvgIpc) is 2.52. The highest BCUT2D eigenvalue weighted by Crippen LogP contribution is 2.23. The van der Waals surface area contributed by atoms with Crippen LogP contribution in [0.15, 0.2) is 42.5 Å². The van der Waals surface area contributed by atoms with E-state index in [-0.39, 0.29) is 18.1 Å². The summed E-state index contributed by atoms with van der Waals surface area (Å²) < 4.78 is 23.4. The first-order chi connectivity index (χ1) is 10.6. The Kier molecular flexibility index (Phi) is 5.36. The van der Waals surface area contributed by atoms with E-state index in [9.17, 15) is 9.18 Å². The van der Waals surface area contributed by atoms with Crippen LogP contribution >= 0.6 is 0 Å². The van der Waals surface area contributed by atoms with Crippen LogP contribution in [-0.4, -0.2) is 20.1 Å². The highest BCUT2D eigenvalue weighted by molar-refractivity contribution is 5.90. The molecule has 0 saturated carbocycles. The molecular weight excluding hydrogens is 285 g/mol. The number of ether oxygens (including phenoxy) is 2. The van der Waals surface area contributed by atoms with E-state index in [1.165, 1.54) is 12.1 Å². The van der Waals surface area contributed by atoms with Gasteiger partial charge in [-0.1, -0.05) is 6.07 Å². The minimum absolute atomic E-state index is 0.174. The second-order valence-electron chi connectivity index (χ2n) is 4.78. The Morgan fingerprint density at radius 2 is 1.77 bits per heavy atom. The van der Waals surface area contributed by atoms with Crippen LogP contribution in [0.3, 0.4) is 0 Å². The summed E-state index contributed by atoms with van der Waals surface area (Å²) in [6.07, 6.45) is 0.821. The molecule has 0 heterocycles. The van der Waals surface area contributed by atoms with Crippen molar-refractivity contribution in [2.75, 3.05) is 19.5 Å². The summed E-state index contributed by atoms with van der Waals surface area (Å²) >= 11 is 0. The van der Waals surface area contributed by atoms with Gasteiger partial charge < -0.3 is 14.8 Å². The van der Waals surface area contributed by atoms with Crippen molar-refractivity contribution >= 4 is 11.6 Å². The van der Waals surface area contributed by atoms with Gasteiger partial charge in [0.2, 0.25) is 5.91 Å². The number of anilines is 1. The van der Waals surface area contributed by atoms with Gasteiger partial charge in [-0.05, 0) is 42.3 Å². The SMILES string of the molecule is COc1cc(CCC(=O)Nc2cccc(F)c2)cc(OC)c1. The molecule has 116 valence electrons. The third kappa shape index (κ3) is 4.48. The Balaban J connectivity index is 1.96. The van der Waals surface area contributed by atoms with Crippen LogP contribution in [-0.2, 0) is 11.2 Å². The molecule has 0 spiro atoms. The second kappa shape index (κ2) is 7.45. The first-order valence-corrected chi connectivity index (χ1v) is 6.88. The highest BCUT2D eigenvalue weighted by Gasteiger charge is 2.06. The van der Waals surface area contributed by atoms with Gasteiger partial charge in [-0.15, -0.1) is 0 Å². The molecule has 0 aliphatic heterocycles. The van der Waals surface area contributed by atoms with E-state index in [2.05, 4.69) is 5.32 Å². The molecule has 4 nitrogen and oxygen atoms in total. The largest absolute Gasteiger partial charge is 0.497 e. The molecule has 0 bridgehead atoms. The van der Waals surface area contributed by atoms with Crippen LogP contribution in [0.4, 0.5) is 10.1 Å². The van der Waals surface area contributed by atoms with Crippen molar-refractivity contribution in [1.29, 1.82) is 0 Å². The summed E-state index contributed by atoms with van der Waals surface area (Å²) in [6, 6.07) is 11.3. The Morgan fingerprint density at radius 1 is 1.09 bits per heavy atom. The van der Waals surface area contributed by atoms with Crippen LogP contribution in [0, 0.1) is 5.82 Å². The number of carbonyl (C=O) groups is 1. The van der Waals surface area contributed by atoms with Gasteiger partial charge in [0.25, 0.3) is 0 Å². The number of methoxy groups -OCH3 is 2. The maximum absolute atomic E-state index is 13.1. The standard InChI is InChI=1S/C17H18FNO3/c1-21-15-8-12(9-16(11-15)22-2)6-7-17(20)19-14-5-3-4-13(18)10-14/h3-5,8-11H,6-7H2,1-2H3,(H,19,20). The zero-order chi connectivity index (χ0) is 15.9.